The third-order valence-electron chi connectivity index (χ3n) is 2.92. The maximum absolute atomic E-state index is 9.05. The first-order chi connectivity index (χ1) is 9.10. The van der Waals surface area contributed by atoms with Gasteiger partial charge in [0.05, 0.1) is 11.6 Å². The molecular formula is C15H17ClN2O. The van der Waals surface area contributed by atoms with Gasteiger partial charge in [0.15, 0.2) is 0 Å². The molecule has 4 heteroatoms. The van der Waals surface area contributed by atoms with Gasteiger partial charge in [-0.3, -0.25) is 0 Å². The molecule has 0 saturated heterocycles. The fraction of sp³-hybridized carbons (Fsp3) is 0.267. The Balaban J connectivity index is 2.18. The number of benzene rings is 1. The summed E-state index contributed by atoms with van der Waals surface area (Å²) in [6.45, 7) is 2.77. The van der Waals surface area contributed by atoms with Crippen LogP contribution in [0.1, 0.15) is 16.7 Å². The number of anilines is 1. The maximum Gasteiger partial charge on any atom is 0.147 e. The van der Waals surface area contributed by atoms with E-state index in [4.69, 9.17) is 16.7 Å². The van der Waals surface area contributed by atoms with Crippen LogP contribution in [0.3, 0.4) is 0 Å². The molecule has 0 spiro atoms. The number of aliphatic hydroxyl groups is 1. The zero-order valence-electron chi connectivity index (χ0n) is 11.1. The quantitative estimate of drug-likeness (QED) is 0.932. The molecule has 0 amide bonds. The number of hydrogen-bond donors (Lipinski definition) is 1. The number of aryl methyl sites for hydroxylation is 1. The highest BCUT2D eigenvalue weighted by molar-refractivity contribution is 6.33. The van der Waals surface area contributed by atoms with Crippen molar-refractivity contribution in [1.82, 2.24) is 4.98 Å². The molecule has 1 aromatic carbocycles. The molecule has 100 valence electrons. The van der Waals surface area contributed by atoms with E-state index in [2.05, 4.69) is 30.1 Å². The summed E-state index contributed by atoms with van der Waals surface area (Å²) in [5, 5.41) is 9.60. The Hall–Kier alpha value is -1.58. The highest BCUT2D eigenvalue weighted by Gasteiger charge is 2.09. The zero-order valence-corrected chi connectivity index (χ0v) is 11.9. The summed E-state index contributed by atoms with van der Waals surface area (Å²) in [5.41, 5.74) is 3.17. The summed E-state index contributed by atoms with van der Waals surface area (Å²) in [6, 6.07) is 10.1. The SMILES string of the molecule is Cc1cccc(CN(C)c2ncc(CO)cc2Cl)c1. The molecule has 1 N–H and O–H groups in total. The molecule has 1 aromatic heterocycles. The van der Waals surface area contributed by atoms with Crippen LogP contribution in [-0.2, 0) is 13.2 Å². The summed E-state index contributed by atoms with van der Waals surface area (Å²) in [7, 11) is 1.95. The van der Waals surface area contributed by atoms with E-state index in [0.29, 0.717) is 5.02 Å². The highest BCUT2D eigenvalue weighted by Crippen LogP contribution is 2.24. The van der Waals surface area contributed by atoms with Crippen LogP contribution in [0.15, 0.2) is 36.5 Å². The number of aromatic nitrogens is 1. The van der Waals surface area contributed by atoms with Crippen molar-refractivity contribution in [2.45, 2.75) is 20.1 Å². The van der Waals surface area contributed by atoms with E-state index >= 15 is 0 Å². The molecule has 0 aliphatic rings. The Kier molecular flexibility index (Phi) is 4.40. The fourth-order valence-electron chi connectivity index (χ4n) is 2.00. The molecule has 0 aliphatic carbocycles. The second-order valence-corrected chi connectivity index (χ2v) is 5.06. The van der Waals surface area contributed by atoms with Gasteiger partial charge in [-0.25, -0.2) is 4.98 Å². The number of halogens is 1. The van der Waals surface area contributed by atoms with Crippen molar-refractivity contribution in [3.8, 4) is 0 Å². The van der Waals surface area contributed by atoms with Crippen molar-refractivity contribution in [2.75, 3.05) is 11.9 Å². The molecule has 0 radical (unpaired) electrons. The molecule has 0 atom stereocenters. The lowest BCUT2D eigenvalue weighted by atomic mass is 10.1. The van der Waals surface area contributed by atoms with Gasteiger partial charge in [0, 0.05) is 19.8 Å². The number of hydrogen-bond acceptors (Lipinski definition) is 3. The Morgan fingerprint density at radius 3 is 2.68 bits per heavy atom. The Labute approximate surface area is 118 Å². The van der Waals surface area contributed by atoms with E-state index in [1.807, 2.05) is 18.0 Å². The van der Waals surface area contributed by atoms with Crippen molar-refractivity contribution in [1.29, 1.82) is 0 Å². The van der Waals surface area contributed by atoms with Crippen molar-refractivity contribution in [3.63, 3.8) is 0 Å². The van der Waals surface area contributed by atoms with Gasteiger partial charge in [0.2, 0.25) is 0 Å². The van der Waals surface area contributed by atoms with Crippen LogP contribution >= 0.6 is 11.6 Å². The first-order valence-corrected chi connectivity index (χ1v) is 6.50. The molecular weight excluding hydrogens is 260 g/mol. The predicted molar refractivity (Wildman–Crippen MR) is 78.5 cm³/mol. The lowest BCUT2D eigenvalue weighted by Crippen LogP contribution is -2.18. The largest absolute Gasteiger partial charge is 0.392 e. The molecule has 0 fully saturated rings. The van der Waals surface area contributed by atoms with Crippen molar-refractivity contribution >= 4 is 17.4 Å². The average molecular weight is 277 g/mol. The van der Waals surface area contributed by atoms with Crippen molar-refractivity contribution < 1.29 is 5.11 Å². The summed E-state index contributed by atoms with van der Waals surface area (Å²) in [5.74, 6) is 0.723. The molecule has 2 rings (SSSR count). The van der Waals surface area contributed by atoms with E-state index in [0.717, 1.165) is 17.9 Å². The predicted octanol–water partition coefficient (Wildman–Crippen LogP) is 3.17. The van der Waals surface area contributed by atoms with Gasteiger partial charge in [0.1, 0.15) is 5.82 Å². The second kappa shape index (κ2) is 6.04. The van der Waals surface area contributed by atoms with E-state index in [-0.39, 0.29) is 6.61 Å². The molecule has 1 heterocycles. The normalized spacial score (nSPS) is 10.5. The first kappa shape index (κ1) is 13.8. The number of rotatable bonds is 4. The van der Waals surface area contributed by atoms with Crippen molar-refractivity contribution in [2.24, 2.45) is 0 Å². The zero-order chi connectivity index (χ0) is 13.8. The maximum atomic E-state index is 9.05. The average Bonchev–Trinajstić information content (AvgIpc) is 2.38. The van der Waals surface area contributed by atoms with Gasteiger partial charge < -0.3 is 10.0 Å². The van der Waals surface area contributed by atoms with E-state index in [1.165, 1.54) is 11.1 Å². The molecule has 0 saturated carbocycles. The Morgan fingerprint density at radius 1 is 1.26 bits per heavy atom. The van der Waals surface area contributed by atoms with Crippen LogP contribution in [0.4, 0.5) is 5.82 Å². The summed E-state index contributed by atoms with van der Waals surface area (Å²) in [4.78, 5) is 6.30. The molecule has 0 unspecified atom stereocenters. The van der Waals surface area contributed by atoms with Gasteiger partial charge in [0.25, 0.3) is 0 Å². The van der Waals surface area contributed by atoms with Crippen molar-refractivity contribution in [3.05, 3.63) is 58.2 Å². The third-order valence-corrected chi connectivity index (χ3v) is 3.20. The third kappa shape index (κ3) is 3.46. The van der Waals surface area contributed by atoms with E-state index in [1.54, 1.807) is 12.3 Å². The molecule has 2 aromatic rings. The van der Waals surface area contributed by atoms with Crippen LogP contribution < -0.4 is 4.90 Å². The van der Waals surface area contributed by atoms with E-state index < -0.39 is 0 Å². The topological polar surface area (TPSA) is 36.4 Å². The second-order valence-electron chi connectivity index (χ2n) is 4.65. The van der Waals surface area contributed by atoms with Gasteiger partial charge in [-0.15, -0.1) is 0 Å². The standard InChI is InChI=1S/C15H17ClN2O/c1-11-4-3-5-12(6-11)9-18(2)15-14(16)7-13(10-19)8-17-15/h3-8,19H,9-10H2,1-2H3. The van der Waals surface area contributed by atoms with Gasteiger partial charge in [-0.2, -0.15) is 0 Å². The molecule has 0 aliphatic heterocycles. The number of nitrogens with zero attached hydrogens (tertiary/aromatic N) is 2. The summed E-state index contributed by atoms with van der Waals surface area (Å²) < 4.78 is 0. The summed E-state index contributed by atoms with van der Waals surface area (Å²) in [6.07, 6.45) is 1.65. The van der Waals surface area contributed by atoms with Gasteiger partial charge in [-0.05, 0) is 24.1 Å². The van der Waals surface area contributed by atoms with Gasteiger partial charge in [-0.1, -0.05) is 41.4 Å². The molecule has 19 heavy (non-hydrogen) atoms. The smallest absolute Gasteiger partial charge is 0.147 e. The van der Waals surface area contributed by atoms with Crippen LogP contribution in [-0.4, -0.2) is 17.1 Å². The lowest BCUT2D eigenvalue weighted by Gasteiger charge is -2.20. The van der Waals surface area contributed by atoms with Crippen LogP contribution in [0.5, 0.6) is 0 Å². The van der Waals surface area contributed by atoms with Gasteiger partial charge >= 0.3 is 0 Å². The summed E-state index contributed by atoms with van der Waals surface area (Å²) >= 11 is 6.19. The Morgan fingerprint density at radius 2 is 2.05 bits per heavy atom. The van der Waals surface area contributed by atoms with Crippen LogP contribution in [0, 0.1) is 6.92 Å². The number of aliphatic hydroxyl groups excluding tert-OH is 1. The molecule has 3 nitrogen and oxygen atoms in total. The van der Waals surface area contributed by atoms with E-state index in [9.17, 15) is 0 Å². The number of pyridine rings is 1. The Bertz CT molecular complexity index is 572. The minimum absolute atomic E-state index is 0.0470. The first-order valence-electron chi connectivity index (χ1n) is 6.12. The minimum Gasteiger partial charge on any atom is -0.392 e. The monoisotopic (exact) mass is 276 g/mol. The molecule has 0 bridgehead atoms. The highest BCUT2D eigenvalue weighted by atomic mass is 35.5. The van der Waals surface area contributed by atoms with Crippen LogP contribution in [0.2, 0.25) is 5.02 Å². The van der Waals surface area contributed by atoms with Crippen LogP contribution in [0.25, 0.3) is 0 Å². The fourth-order valence-corrected chi connectivity index (χ4v) is 2.33. The minimum atomic E-state index is -0.0470. The lowest BCUT2D eigenvalue weighted by molar-refractivity contribution is 0.281.